The van der Waals surface area contributed by atoms with E-state index in [2.05, 4.69) is 4.79 Å². The molecule has 0 aliphatic carbocycles. The number of hydrogen-bond donors (Lipinski definition) is 1. The van der Waals surface area contributed by atoms with Crippen LogP contribution in [-0.4, -0.2) is 27.2 Å². The van der Waals surface area contributed by atoms with E-state index >= 15 is 0 Å². The Kier molecular flexibility index (Phi) is 4.05. The first-order valence-electron chi connectivity index (χ1n) is 7.31. The van der Waals surface area contributed by atoms with Gasteiger partial charge in [0, 0.05) is 0 Å². The van der Waals surface area contributed by atoms with Crippen LogP contribution < -0.4 is 5.73 Å². The minimum Gasteiger partial charge on any atom is -0.365 e. The van der Waals surface area contributed by atoms with Crippen molar-refractivity contribution >= 4 is 23.2 Å². The van der Waals surface area contributed by atoms with Gasteiger partial charge in [0.25, 0.3) is 5.91 Å². The number of primary amides is 1. The van der Waals surface area contributed by atoms with E-state index in [-0.39, 0.29) is 17.8 Å². The third-order valence-corrected chi connectivity index (χ3v) is 3.77. The second kappa shape index (κ2) is 6.32. The summed E-state index contributed by atoms with van der Waals surface area (Å²) in [5, 5.41) is 0. The summed E-state index contributed by atoms with van der Waals surface area (Å²) in [4.78, 5) is 28.9. The second-order valence-electron chi connectivity index (χ2n) is 5.28. The molecule has 0 bridgehead atoms. The molecule has 3 rings (SSSR count). The number of rotatable bonds is 4. The number of hydrogen-bond acceptors (Lipinski definition) is 2. The van der Waals surface area contributed by atoms with Gasteiger partial charge in [-0.1, -0.05) is 60.7 Å². The monoisotopic (exact) mass is 318 g/mol. The molecule has 0 unspecified atom stereocenters. The maximum Gasteiger partial charge on any atom is 0.394 e. The Morgan fingerprint density at radius 2 is 1.62 bits per heavy atom. The summed E-state index contributed by atoms with van der Waals surface area (Å²) in [6.07, 6.45) is 0. The van der Waals surface area contributed by atoms with Crippen molar-refractivity contribution in [2.24, 2.45) is 5.73 Å². The van der Waals surface area contributed by atoms with Gasteiger partial charge in [-0.2, -0.15) is 4.79 Å². The lowest BCUT2D eigenvalue weighted by molar-refractivity contribution is -0.125. The number of carbonyl (C=O) groups is 2. The Bertz CT molecular complexity index is 882. The first-order chi connectivity index (χ1) is 11.6. The third kappa shape index (κ3) is 2.62. The highest BCUT2D eigenvalue weighted by Crippen LogP contribution is 2.31. The lowest BCUT2D eigenvalue weighted by Crippen LogP contribution is -2.29. The smallest absolute Gasteiger partial charge is 0.365 e. The molecule has 0 aromatic heterocycles. The van der Waals surface area contributed by atoms with Gasteiger partial charge < -0.3 is 11.3 Å². The molecule has 1 heterocycles. The predicted octanol–water partition coefficient (Wildman–Crippen LogP) is 1.60. The van der Waals surface area contributed by atoms with Gasteiger partial charge in [0.2, 0.25) is 0 Å². The molecule has 2 aromatic carbocycles. The van der Waals surface area contributed by atoms with E-state index in [0.29, 0.717) is 11.3 Å². The van der Waals surface area contributed by atoms with Gasteiger partial charge in [-0.3, -0.25) is 14.5 Å². The molecule has 2 aromatic rings. The lowest BCUT2D eigenvalue weighted by Gasteiger charge is -2.19. The van der Waals surface area contributed by atoms with Crippen LogP contribution in [0.3, 0.4) is 0 Å². The van der Waals surface area contributed by atoms with Crippen LogP contribution in [0.25, 0.3) is 11.2 Å². The van der Waals surface area contributed by atoms with Gasteiger partial charge in [0.1, 0.15) is 0 Å². The Morgan fingerprint density at radius 1 is 1.04 bits per heavy atom. The Hall–Kier alpha value is -3.50. The molecule has 6 heteroatoms. The van der Waals surface area contributed by atoms with Crippen molar-refractivity contribution in [2.75, 3.05) is 0 Å². The van der Waals surface area contributed by atoms with Crippen LogP contribution >= 0.6 is 0 Å². The molecule has 1 aliphatic rings. The fraction of sp³-hybridized carbons (Fsp3) is 0.0556. The van der Waals surface area contributed by atoms with Gasteiger partial charge in [-0.25, -0.2) is 0 Å². The maximum atomic E-state index is 12.6. The molecule has 0 fully saturated rings. The summed E-state index contributed by atoms with van der Waals surface area (Å²) >= 11 is 0. The summed E-state index contributed by atoms with van der Waals surface area (Å²) < 4.78 is 0. The molecule has 6 nitrogen and oxygen atoms in total. The van der Waals surface area contributed by atoms with E-state index in [0.717, 1.165) is 5.56 Å². The molecule has 0 radical (unpaired) electrons. The van der Waals surface area contributed by atoms with Crippen LogP contribution in [0.4, 0.5) is 0 Å². The molecule has 24 heavy (non-hydrogen) atoms. The highest BCUT2D eigenvalue weighted by Gasteiger charge is 2.46. The minimum atomic E-state index is -0.814. The van der Waals surface area contributed by atoms with Gasteiger partial charge >= 0.3 is 11.6 Å². The van der Waals surface area contributed by atoms with E-state index in [1.165, 1.54) is 4.90 Å². The highest BCUT2D eigenvalue weighted by molar-refractivity contribution is 6.54. The molecular formula is C18H14N4O2. The van der Waals surface area contributed by atoms with Crippen LogP contribution in [0.1, 0.15) is 11.1 Å². The average Bonchev–Trinajstić information content (AvgIpc) is 2.89. The summed E-state index contributed by atoms with van der Waals surface area (Å²) in [5.41, 5.74) is 16.1. The maximum absolute atomic E-state index is 12.6. The zero-order valence-corrected chi connectivity index (χ0v) is 12.7. The second-order valence-corrected chi connectivity index (χ2v) is 5.28. The number of carbonyl (C=O) groups excluding carboxylic acids is 2. The van der Waals surface area contributed by atoms with Crippen LogP contribution in [0, 0.1) is 0 Å². The summed E-state index contributed by atoms with van der Waals surface area (Å²) in [7, 11) is 0. The van der Waals surface area contributed by atoms with Gasteiger partial charge in [0.05, 0.1) is 12.2 Å². The largest absolute Gasteiger partial charge is 0.394 e. The zero-order chi connectivity index (χ0) is 17.1. The van der Waals surface area contributed by atoms with Crippen molar-refractivity contribution < 1.29 is 14.4 Å². The fourth-order valence-corrected chi connectivity index (χ4v) is 2.72. The van der Waals surface area contributed by atoms with Crippen molar-refractivity contribution in [3.8, 4) is 0 Å². The third-order valence-electron chi connectivity index (χ3n) is 3.77. The van der Waals surface area contributed by atoms with Gasteiger partial charge in [-0.05, 0) is 11.1 Å². The lowest BCUT2D eigenvalue weighted by atomic mass is 10.1. The van der Waals surface area contributed by atoms with Crippen LogP contribution in [0.15, 0.2) is 66.2 Å². The van der Waals surface area contributed by atoms with Gasteiger partial charge in [0.15, 0.2) is 5.57 Å². The van der Waals surface area contributed by atoms with E-state index in [1.807, 2.05) is 36.4 Å². The molecule has 2 N–H and O–H groups in total. The van der Waals surface area contributed by atoms with Crippen LogP contribution in [-0.2, 0) is 16.1 Å². The van der Waals surface area contributed by atoms with E-state index in [9.17, 15) is 15.1 Å². The van der Waals surface area contributed by atoms with Gasteiger partial charge in [-0.15, -0.1) is 0 Å². The summed E-state index contributed by atoms with van der Waals surface area (Å²) in [6.45, 7) is 0.236. The normalized spacial score (nSPS) is 14.1. The standard InChI is InChI=1S/C18H14N4O2/c19-17(23)14-15(21-20)18(24)22(11-12-7-3-1-4-8-12)16(14)13-9-5-2-6-10-13/h1-10H,11H2,(H2,19,23). The Labute approximate surface area is 138 Å². The Morgan fingerprint density at radius 3 is 2.17 bits per heavy atom. The quantitative estimate of drug-likeness (QED) is 0.684. The van der Waals surface area contributed by atoms with E-state index in [4.69, 9.17) is 5.73 Å². The average molecular weight is 318 g/mol. The molecule has 2 amide bonds. The first-order valence-corrected chi connectivity index (χ1v) is 7.31. The van der Waals surface area contributed by atoms with Crippen molar-refractivity contribution in [3.63, 3.8) is 0 Å². The molecule has 118 valence electrons. The molecule has 1 aliphatic heterocycles. The van der Waals surface area contributed by atoms with Crippen LogP contribution in [0.5, 0.6) is 0 Å². The predicted molar refractivity (Wildman–Crippen MR) is 88.2 cm³/mol. The van der Waals surface area contributed by atoms with E-state index < -0.39 is 11.8 Å². The van der Waals surface area contributed by atoms with Crippen molar-refractivity contribution in [1.29, 1.82) is 0 Å². The topological polar surface area (TPSA) is 99.8 Å². The number of nitrogens with zero attached hydrogens (tertiary/aromatic N) is 3. The SMILES string of the molecule is [N-]=[N+]=C1C(=O)N(Cc2ccccc2)C(c2ccccc2)=C1C(N)=O. The highest BCUT2D eigenvalue weighted by atomic mass is 16.2. The van der Waals surface area contributed by atoms with Crippen molar-refractivity contribution in [3.05, 3.63) is 82.9 Å². The molecule has 0 spiro atoms. The molecular weight excluding hydrogens is 304 g/mol. The van der Waals surface area contributed by atoms with Crippen LogP contribution in [0.2, 0.25) is 0 Å². The first kappa shape index (κ1) is 15.4. The summed E-state index contributed by atoms with van der Waals surface area (Å²) in [6, 6.07) is 18.3. The van der Waals surface area contributed by atoms with Crippen molar-refractivity contribution in [1.82, 2.24) is 4.90 Å². The minimum absolute atomic E-state index is 0.0790. The number of nitrogens with two attached hydrogens (primary N) is 1. The molecule has 0 saturated carbocycles. The number of amides is 2. The fourth-order valence-electron chi connectivity index (χ4n) is 2.72. The molecule has 0 atom stereocenters. The Balaban J connectivity index is 2.17. The van der Waals surface area contributed by atoms with Crippen molar-refractivity contribution in [2.45, 2.75) is 6.54 Å². The number of benzene rings is 2. The zero-order valence-electron chi connectivity index (χ0n) is 12.7. The van der Waals surface area contributed by atoms with E-state index in [1.54, 1.807) is 24.3 Å². The molecule has 0 saturated heterocycles. The summed E-state index contributed by atoms with van der Waals surface area (Å²) in [5.74, 6) is -1.38.